The van der Waals surface area contributed by atoms with Crippen molar-refractivity contribution < 1.29 is 4.79 Å². The Morgan fingerprint density at radius 3 is 2.85 bits per heavy atom. The molecule has 0 fully saturated rings. The molecule has 0 bridgehead atoms. The largest absolute Gasteiger partial charge is 0.297 e. The molecule has 2 rings (SSSR count). The SMILES string of the molecule is O=CC1=C=C=C(C2C=CCC2)C=C1. The van der Waals surface area contributed by atoms with E-state index in [1.165, 1.54) is 0 Å². The van der Waals surface area contributed by atoms with Crippen LogP contribution in [0.3, 0.4) is 0 Å². The van der Waals surface area contributed by atoms with Crippen LogP contribution in [0.15, 0.2) is 46.9 Å². The first-order valence-electron chi connectivity index (χ1n) is 4.46. The first-order valence-corrected chi connectivity index (χ1v) is 4.46. The summed E-state index contributed by atoms with van der Waals surface area (Å²) in [6.07, 6.45) is 11.2. The van der Waals surface area contributed by atoms with Crippen molar-refractivity contribution in [1.82, 2.24) is 0 Å². The van der Waals surface area contributed by atoms with Gasteiger partial charge >= 0.3 is 0 Å². The van der Waals surface area contributed by atoms with Gasteiger partial charge in [-0.05, 0) is 25.0 Å². The van der Waals surface area contributed by atoms with E-state index in [1.807, 2.05) is 6.08 Å². The number of allylic oxidation sites excluding steroid dienone is 6. The Hall–Kier alpha value is -1.55. The van der Waals surface area contributed by atoms with Crippen LogP contribution in [0.5, 0.6) is 0 Å². The molecular weight excluding hydrogens is 160 g/mol. The Morgan fingerprint density at radius 2 is 2.31 bits per heavy atom. The second-order valence-corrected chi connectivity index (χ2v) is 3.22. The van der Waals surface area contributed by atoms with Crippen molar-refractivity contribution in [2.45, 2.75) is 12.8 Å². The molecular formula is C12H10O. The average Bonchev–Trinajstić information content (AvgIpc) is 2.71. The molecule has 2 aliphatic carbocycles. The van der Waals surface area contributed by atoms with Crippen molar-refractivity contribution in [3.8, 4) is 0 Å². The quantitative estimate of drug-likeness (QED) is 0.353. The number of carbonyl (C=O) groups is 1. The van der Waals surface area contributed by atoms with Crippen molar-refractivity contribution in [3.05, 3.63) is 46.9 Å². The summed E-state index contributed by atoms with van der Waals surface area (Å²) in [7, 11) is 0. The highest BCUT2D eigenvalue weighted by atomic mass is 16.1. The predicted octanol–water partition coefficient (Wildman–Crippen LogP) is 2.33. The van der Waals surface area contributed by atoms with Crippen molar-refractivity contribution in [2.24, 2.45) is 5.92 Å². The molecule has 0 N–H and O–H groups in total. The van der Waals surface area contributed by atoms with Gasteiger partial charge in [-0.25, -0.2) is 0 Å². The molecule has 13 heavy (non-hydrogen) atoms. The molecule has 0 saturated heterocycles. The van der Waals surface area contributed by atoms with Gasteiger partial charge in [0.15, 0.2) is 6.29 Å². The standard InChI is InChI=1S/C12H10O/c13-9-10-5-7-12(8-6-10)11-3-1-2-4-11/h1,3,5,7,9,11H,2,4H2. The highest BCUT2D eigenvalue weighted by Crippen LogP contribution is 2.25. The molecule has 0 radical (unpaired) electrons. The van der Waals surface area contributed by atoms with Crippen LogP contribution in [0.1, 0.15) is 12.8 Å². The van der Waals surface area contributed by atoms with E-state index in [-0.39, 0.29) is 0 Å². The van der Waals surface area contributed by atoms with Crippen molar-refractivity contribution in [2.75, 3.05) is 0 Å². The fourth-order valence-corrected chi connectivity index (χ4v) is 1.58. The Morgan fingerprint density at radius 1 is 1.38 bits per heavy atom. The molecule has 0 heterocycles. The van der Waals surface area contributed by atoms with Crippen LogP contribution in [-0.2, 0) is 4.79 Å². The first kappa shape index (κ1) is 8.07. The Balaban J connectivity index is 2.32. The lowest BCUT2D eigenvalue weighted by Gasteiger charge is -2.06. The molecule has 1 nitrogen and oxygen atoms in total. The normalized spacial score (nSPS) is 24.5. The minimum atomic E-state index is 0.483. The van der Waals surface area contributed by atoms with E-state index in [9.17, 15) is 4.79 Å². The summed E-state index contributed by atoms with van der Waals surface area (Å²) in [6, 6.07) is 0. The minimum absolute atomic E-state index is 0.483. The van der Waals surface area contributed by atoms with E-state index in [0.29, 0.717) is 11.5 Å². The van der Waals surface area contributed by atoms with Crippen molar-refractivity contribution in [1.29, 1.82) is 0 Å². The highest BCUT2D eigenvalue weighted by molar-refractivity contribution is 5.77. The average molecular weight is 170 g/mol. The summed E-state index contributed by atoms with van der Waals surface area (Å²) < 4.78 is 0. The van der Waals surface area contributed by atoms with Gasteiger partial charge in [0.25, 0.3) is 0 Å². The molecule has 0 aliphatic heterocycles. The second kappa shape index (κ2) is 3.45. The summed E-state index contributed by atoms with van der Waals surface area (Å²) in [6.45, 7) is 0. The van der Waals surface area contributed by atoms with Crippen LogP contribution in [0.2, 0.25) is 0 Å². The Bertz CT molecular complexity index is 383. The number of hydrogen-bond acceptors (Lipinski definition) is 1. The lowest BCUT2D eigenvalue weighted by atomic mass is 9.97. The maximum Gasteiger partial charge on any atom is 0.158 e. The molecule has 0 aromatic heterocycles. The lowest BCUT2D eigenvalue weighted by molar-refractivity contribution is -0.104. The summed E-state index contributed by atoms with van der Waals surface area (Å²) in [5, 5.41) is 0. The molecule has 2 aliphatic rings. The topological polar surface area (TPSA) is 17.1 Å². The Kier molecular flexibility index (Phi) is 2.14. The molecule has 1 heteroatoms. The van der Waals surface area contributed by atoms with Crippen molar-refractivity contribution >= 4 is 6.29 Å². The monoisotopic (exact) mass is 170 g/mol. The third kappa shape index (κ3) is 1.62. The van der Waals surface area contributed by atoms with E-state index < -0.39 is 0 Å². The smallest absolute Gasteiger partial charge is 0.158 e. The summed E-state index contributed by atoms with van der Waals surface area (Å²) >= 11 is 0. The molecule has 64 valence electrons. The zero-order valence-corrected chi connectivity index (χ0v) is 7.29. The van der Waals surface area contributed by atoms with Gasteiger partial charge in [-0.3, -0.25) is 4.79 Å². The van der Waals surface area contributed by atoms with E-state index in [4.69, 9.17) is 0 Å². The van der Waals surface area contributed by atoms with Gasteiger partial charge in [-0.1, -0.05) is 23.6 Å². The summed E-state index contributed by atoms with van der Waals surface area (Å²) in [4.78, 5) is 10.4. The van der Waals surface area contributed by atoms with Crippen LogP contribution < -0.4 is 0 Å². The molecule has 0 aromatic rings. The van der Waals surface area contributed by atoms with Crippen LogP contribution in [-0.4, -0.2) is 6.29 Å². The van der Waals surface area contributed by atoms with Gasteiger partial charge in [0.2, 0.25) is 0 Å². The molecule has 0 amide bonds. The molecule has 0 aromatic carbocycles. The van der Waals surface area contributed by atoms with Crippen LogP contribution >= 0.6 is 0 Å². The maximum absolute atomic E-state index is 10.4. The van der Waals surface area contributed by atoms with Gasteiger partial charge < -0.3 is 0 Å². The molecule has 1 atom stereocenters. The second-order valence-electron chi connectivity index (χ2n) is 3.22. The van der Waals surface area contributed by atoms with Gasteiger partial charge in [0.1, 0.15) is 0 Å². The third-order valence-electron chi connectivity index (χ3n) is 2.33. The van der Waals surface area contributed by atoms with Gasteiger partial charge in [0, 0.05) is 11.5 Å². The highest BCUT2D eigenvalue weighted by Gasteiger charge is 2.12. The van der Waals surface area contributed by atoms with E-state index >= 15 is 0 Å². The molecule has 0 saturated carbocycles. The molecule has 0 spiro atoms. The third-order valence-corrected chi connectivity index (χ3v) is 2.33. The fraction of sp³-hybridized carbons (Fsp3) is 0.250. The summed E-state index contributed by atoms with van der Waals surface area (Å²) in [5.41, 5.74) is 7.57. The van der Waals surface area contributed by atoms with Gasteiger partial charge in [-0.2, -0.15) is 0 Å². The lowest BCUT2D eigenvalue weighted by Crippen LogP contribution is -1.95. The van der Waals surface area contributed by atoms with E-state index in [1.54, 1.807) is 6.08 Å². The van der Waals surface area contributed by atoms with Gasteiger partial charge in [-0.15, -0.1) is 0 Å². The number of carbonyl (C=O) groups excluding carboxylic acids is 1. The van der Waals surface area contributed by atoms with E-state index in [2.05, 4.69) is 23.6 Å². The minimum Gasteiger partial charge on any atom is -0.297 e. The fourth-order valence-electron chi connectivity index (χ4n) is 1.58. The first-order chi connectivity index (χ1) is 6.40. The Labute approximate surface area is 77.5 Å². The number of rotatable bonds is 2. The number of aldehydes is 1. The maximum atomic E-state index is 10.4. The summed E-state index contributed by atoms with van der Waals surface area (Å²) in [5.74, 6) is 0.483. The number of hydrogen-bond donors (Lipinski definition) is 0. The van der Waals surface area contributed by atoms with Gasteiger partial charge in [0.05, 0.1) is 5.57 Å². The molecule has 1 unspecified atom stereocenters. The van der Waals surface area contributed by atoms with Crippen molar-refractivity contribution in [3.63, 3.8) is 0 Å². The van der Waals surface area contributed by atoms with Crippen LogP contribution in [0.25, 0.3) is 0 Å². The van der Waals surface area contributed by atoms with Crippen LogP contribution in [0, 0.1) is 5.92 Å². The predicted molar refractivity (Wildman–Crippen MR) is 51.1 cm³/mol. The zero-order valence-electron chi connectivity index (χ0n) is 7.29. The van der Waals surface area contributed by atoms with E-state index in [0.717, 1.165) is 24.7 Å². The van der Waals surface area contributed by atoms with Crippen LogP contribution in [0.4, 0.5) is 0 Å². The zero-order chi connectivity index (χ0) is 9.10.